The molecular weight excluding hydrogens is 328 g/mol. The summed E-state index contributed by atoms with van der Waals surface area (Å²) in [6.07, 6.45) is 0.716. The van der Waals surface area contributed by atoms with Gasteiger partial charge in [0.05, 0.1) is 11.7 Å². The van der Waals surface area contributed by atoms with Crippen LogP contribution in [-0.2, 0) is 4.74 Å². The minimum absolute atomic E-state index is 0.0172. The lowest BCUT2D eigenvalue weighted by molar-refractivity contribution is 0.0635. The van der Waals surface area contributed by atoms with E-state index in [1.807, 2.05) is 55.5 Å². The number of H-pyrrole nitrogens is 1. The van der Waals surface area contributed by atoms with Gasteiger partial charge < -0.3 is 15.0 Å². The molecule has 134 valence electrons. The standard InChI is InChI=1S/C21H22N2O3/c1-15(16-8-3-2-4-9-16)26-13-7-12-22-21(25)18-14-20(24)23-19-11-6-5-10-17(18)19/h2-6,8-11,14-15H,7,12-13H2,1H3,(H,22,25)(H,23,24). The molecule has 0 bridgehead atoms. The summed E-state index contributed by atoms with van der Waals surface area (Å²) in [6.45, 7) is 3.05. The van der Waals surface area contributed by atoms with Crippen molar-refractivity contribution < 1.29 is 9.53 Å². The maximum atomic E-state index is 12.4. The number of aromatic nitrogens is 1. The van der Waals surface area contributed by atoms with Crippen LogP contribution in [0.15, 0.2) is 65.5 Å². The number of rotatable bonds is 7. The van der Waals surface area contributed by atoms with Crippen LogP contribution in [0.4, 0.5) is 0 Å². The van der Waals surface area contributed by atoms with Gasteiger partial charge in [0.1, 0.15) is 0 Å². The fraction of sp³-hybridized carbons (Fsp3) is 0.238. The van der Waals surface area contributed by atoms with Crippen LogP contribution in [0.3, 0.4) is 0 Å². The summed E-state index contributed by atoms with van der Waals surface area (Å²) in [5.74, 6) is -0.247. The van der Waals surface area contributed by atoms with E-state index in [1.54, 1.807) is 6.07 Å². The second kappa shape index (κ2) is 8.45. The van der Waals surface area contributed by atoms with Crippen molar-refractivity contribution in [3.63, 3.8) is 0 Å². The van der Waals surface area contributed by atoms with Crippen LogP contribution in [0.1, 0.15) is 35.4 Å². The second-order valence-electron chi connectivity index (χ2n) is 6.13. The lowest BCUT2D eigenvalue weighted by Crippen LogP contribution is -2.27. The SMILES string of the molecule is CC(OCCCNC(=O)c1cc(=O)[nH]c2ccccc12)c1ccccc1. The molecule has 5 heteroatoms. The first kappa shape index (κ1) is 17.9. The first-order valence-electron chi connectivity index (χ1n) is 8.72. The van der Waals surface area contributed by atoms with Crippen LogP contribution in [0, 0.1) is 0 Å². The van der Waals surface area contributed by atoms with Gasteiger partial charge in [-0.05, 0) is 25.0 Å². The van der Waals surface area contributed by atoms with Crippen LogP contribution < -0.4 is 10.9 Å². The Labute approximate surface area is 152 Å². The third-order valence-corrected chi connectivity index (χ3v) is 4.24. The largest absolute Gasteiger partial charge is 0.374 e. The summed E-state index contributed by atoms with van der Waals surface area (Å²) in [7, 11) is 0. The zero-order valence-corrected chi connectivity index (χ0v) is 14.7. The molecule has 1 aromatic heterocycles. The van der Waals surface area contributed by atoms with Crippen molar-refractivity contribution in [3.8, 4) is 0 Å². The molecule has 0 fully saturated rings. The number of ether oxygens (including phenoxy) is 1. The molecule has 1 heterocycles. The maximum absolute atomic E-state index is 12.4. The number of hydrogen-bond acceptors (Lipinski definition) is 3. The monoisotopic (exact) mass is 350 g/mol. The van der Waals surface area contributed by atoms with Crippen molar-refractivity contribution in [1.29, 1.82) is 0 Å². The van der Waals surface area contributed by atoms with Gasteiger partial charge in [0.2, 0.25) is 5.56 Å². The zero-order valence-electron chi connectivity index (χ0n) is 14.7. The minimum atomic E-state index is -0.283. The van der Waals surface area contributed by atoms with Crippen molar-refractivity contribution in [2.45, 2.75) is 19.4 Å². The second-order valence-corrected chi connectivity index (χ2v) is 6.13. The number of carbonyl (C=O) groups excluding carboxylic acids is 1. The number of amides is 1. The van der Waals surface area contributed by atoms with E-state index in [1.165, 1.54) is 6.07 Å². The molecule has 5 nitrogen and oxygen atoms in total. The highest BCUT2D eigenvalue weighted by Gasteiger charge is 2.11. The number of aromatic amines is 1. The Morgan fingerprint density at radius 2 is 1.85 bits per heavy atom. The molecule has 1 atom stereocenters. The Bertz CT molecular complexity index is 935. The van der Waals surface area contributed by atoms with Crippen LogP contribution in [0.5, 0.6) is 0 Å². The van der Waals surface area contributed by atoms with Crippen molar-refractivity contribution in [1.82, 2.24) is 10.3 Å². The quantitative estimate of drug-likeness (QED) is 0.641. The number of hydrogen-bond donors (Lipinski definition) is 2. The van der Waals surface area contributed by atoms with E-state index in [-0.39, 0.29) is 17.6 Å². The van der Waals surface area contributed by atoms with E-state index >= 15 is 0 Å². The Morgan fingerprint density at radius 3 is 2.65 bits per heavy atom. The van der Waals surface area contributed by atoms with Gasteiger partial charge in [-0.1, -0.05) is 48.5 Å². The molecule has 0 saturated heterocycles. The van der Waals surface area contributed by atoms with Crippen LogP contribution in [-0.4, -0.2) is 24.0 Å². The highest BCUT2D eigenvalue weighted by atomic mass is 16.5. The van der Waals surface area contributed by atoms with E-state index in [0.717, 1.165) is 10.9 Å². The molecule has 0 aliphatic carbocycles. The van der Waals surface area contributed by atoms with E-state index in [9.17, 15) is 9.59 Å². The third kappa shape index (κ3) is 4.37. The molecule has 0 spiro atoms. The maximum Gasteiger partial charge on any atom is 0.252 e. The van der Waals surface area contributed by atoms with E-state index < -0.39 is 0 Å². The highest BCUT2D eigenvalue weighted by molar-refractivity contribution is 6.05. The zero-order chi connectivity index (χ0) is 18.4. The van der Waals surface area contributed by atoms with Crippen LogP contribution >= 0.6 is 0 Å². The molecular formula is C21H22N2O3. The highest BCUT2D eigenvalue weighted by Crippen LogP contribution is 2.16. The van der Waals surface area contributed by atoms with Crippen LogP contribution in [0.25, 0.3) is 10.9 Å². The minimum Gasteiger partial charge on any atom is -0.374 e. The van der Waals surface area contributed by atoms with Crippen molar-refractivity contribution >= 4 is 16.8 Å². The van der Waals surface area contributed by atoms with E-state index in [4.69, 9.17) is 4.74 Å². The van der Waals surface area contributed by atoms with Crippen molar-refractivity contribution in [2.75, 3.05) is 13.2 Å². The fourth-order valence-corrected chi connectivity index (χ4v) is 2.84. The van der Waals surface area contributed by atoms with E-state index in [0.29, 0.717) is 30.7 Å². The molecule has 1 unspecified atom stereocenters. The molecule has 0 saturated carbocycles. The average molecular weight is 350 g/mol. The Morgan fingerprint density at radius 1 is 1.12 bits per heavy atom. The Hall–Kier alpha value is -2.92. The number of nitrogens with one attached hydrogen (secondary N) is 2. The van der Waals surface area contributed by atoms with Crippen molar-refractivity contribution in [2.24, 2.45) is 0 Å². The Balaban J connectivity index is 1.51. The average Bonchev–Trinajstić information content (AvgIpc) is 2.67. The molecule has 1 amide bonds. The summed E-state index contributed by atoms with van der Waals surface area (Å²) in [5.41, 5.74) is 1.90. The predicted octanol–water partition coefficient (Wildman–Crippen LogP) is 3.43. The number of benzene rings is 2. The van der Waals surface area contributed by atoms with Gasteiger partial charge in [0.15, 0.2) is 0 Å². The van der Waals surface area contributed by atoms with Crippen molar-refractivity contribution in [3.05, 3.63) is 82.1 Å². The van der Waals surface area contributed by atoms with Crippen LogP contribution in [0.2, 0.25) is 0 Å². The summed E-state index contributed by atoms with van der Waals surface area (Å²) in [5, 5.41) is 3.59. The summed E-state index contributed by atoms with van der Waals surface area (Å²) in [4.78, 5) is 26.9. The molecule has 2 N–H and O–H groups in total. The third-order valence-electron chi connectivity index (χ3n) is 4.24. The molecule has 2 aromatic carbocycles. The topological polar surface area (TPSA) is 71.2 Å². The molecule has 0 aliphatic rings. The lowest BCUT2D eigenvalue weighted by Gasteiger charge is -2.13. The van der Waals surface area contributed by atoms with Gasteiger partial charge in [-0.3, -0.25) is 9.59 Å². The number of para-hydroxylation sites is 1. The summed E-state index contributed by atoms with van der Waals surface area (Å²) in [6, 6.07) is 18.6. The number of pyridine rings is 1. The molecule has 3 aromatic rings. The molecule has 0 aliphatic heterocycles. The Kier molecular flexibility index (Phi) is 5.81. The molecule has 3 rings (SSSR count). The van der Waals surface area contributed by atoms with Gasteiger partial charge in [-0.25, -0.2) is 0 Å². The lowest BCUT2D eigenvalue weighted by atomic mass is 10.1. The smallest absolute Gasteiger partial charge is 0.252 e. The fourth-order valence-electron chi connectivity index (χ4n) is 2.84. The van der Waals surface area contributed by atoms with Gasteiger partial charge in [-0.15, -0.1) is 0 Å². The number of carbonyl (C=O) groups is 1. The molecule has 26 heavy (non-hydrogen) atoms. The first-order chi connectivity index (χ1) is 12.6. The van der Waals surface area contributed by atoms with E-state index in [2.05, 4.69) is 10.3 Å². The number of fused-ring (bicyclic) bond motifs is 1. The predicted molar refractivity (Wildman–Crippen MR) is 102 cm³/mol. The van der Waals surface area contributed by atoms with Gasteiger partial charge in [0, 0.05) is 30.1 Å². The summed E-state index contributed by atoms with van der Waals surface area (Å²) < 4.78 is 5.80. The normalized spacial score (nSPS) is 12.0. The molecule has 0 radical (unpaired) electrons. The van der Waals surface area contributed by atoms with Gasteiger partial charge in [-0.2, -0.15) is 0 Å². The summed E-state index contributed by atoms with van der Waals surface area (Å²) >= 11 is 0. The first-order valence-corrected chi connectivity index (χ1v) is 8.72. The van der Waals surface area contributed by atoms with Gasteiger partial charge in [0.25, 0.3) is 5.91 Å². The van der Waals surface area contributed by atoms with Gasteiger partial charge >= 0.3 is 0 Å².